The van der Waals surface area contributed by atoms with Gasteiger partial charge in [0.2, 0.25) is 0 Å². The van der Waals surface area contributed by atoms with Crippen LogP contribution in [0.2, 0.25) is 0 Å². The van der Waals surface area contributed by atoms with Gasteiger partial charge in [0.15, 0.2) is 0 Å². The Hall–Kier alpha value is -0.700. The van der Waals surface area contributed by atoms with Gasteiger partial charge in [0.25, 0.3) is 10.2 Å². The minimum atomic E-state index is -3.74. The van der Waals surface area contributed by atoms with Crippen LogP contribution < -0.4 is 0 Å². The largest absolute Gasteiger partial charge is 0.480 e. The van der Waals surface area contributed by atoms with Crippen molar-refractivity contribution >= 4 is 16.2 Å². The molecule has 2 fully saturated rings. The molecule has 2 aliphatic rings. The molecule has 0 amide bonds. The lowest BCUT2D eigenvalue weighted by atomic mass is 10.1. The third-order valence-corrected chi connectivity index (χ3v) is 5.73. The van der Waals surface area contributed by atoms with Gasteiger partial charge < -0.3 is 9.84 Å². The van der Waals surface area contributed by atoms with Crippen LogP contribution in [0.1, 0.15) is 33.1 Å². The molecular formula is C12H22N2O5S. The molecule has 0 spiro atoms. The van der Waals surface area contributed by atoms with Crippen molar-refractivity contribution in [3.05, 3.63) is 0 Å². The molecular weight excluding hydrogens is 284 g/mol. The maximum atomic E-state index is 12.7. The number of piperidine rings is 1. The second-order valence-corrected chi connectivity index (χ2v) is 7.42. The second-order valence-electron chi connectivity index (χ2n) is 5.54. The van der Waals surface area contributed by atoms with Crippen LogP contribution in [0, 0.1) is 0 Å². The van der Waals surface area contributed by atoms with Gasteiger partial charge >= 0.3 is 5.97 Å². The van der Waals surface area contributed by atoms with Gasteiger partial charge in [0, 0.05) is 19.6 Å². The van der Waals surface area contributed by atoms with E-state index in [-0.39, 0.29) is 31.8 Å². The van der Waals surface area contributed by atoms with Gasteiger partial charge in [-0.1, -0.05) is 0 Å². The third-order valence-electron chi connectivity index (χ3n) is 3.75. The summed E-state index contributed by atoms with van der Waals surface area (Å²) in [6, 6.07) is -0.942. The van der Waals surface area contributed by atoms with Crippen molar-refractivity contribution in [3.8, 4) is 0 Å². The number of carboxylic acids is 1. The Labute approximate surface area is 119 Å². The Morgan fingerprint density at radius 3 is 2.35 bits per heavy atom. The molecule has 0 bridgehead atoms. The third kappa shape index (κ3) is 3.13. The Morgan fingerprint density at radius 2 is 1.80 bits per heavy atom. The summed E-state index contributed by atoms with van der Waals surface area (Å²) in [6.45, 7) is 4.47. The summed E-state index contributed by atoms with van der Waals surface area (Å²) < 4.78 is 33.4. The van der Waals surface area contributed by atoms with Crippen LogP contribution >= 0.6 is 0 Å². The van der Waals surface area contributed by atoms with Crippen molar-refractivity contribution in [2.75, 3.05) is 19.6 Å². The van der Waals surface area contributed by atoms with Crippen LogP contribution in [0.15, 0.2) is 0 Å². The molecule has 1 N–H and O–H groups in total. The second kappa shape index (κ2) is 5.97. The fourth-order valence-corrected chi connectivity index (χ4v) is 4.87. The highest BCUT2D eigenvalue weighted by Gasteiger charge is 2.42. The molecule has 20 heavy (non-hydrogen) atoms. The molecule has 116 valence electrons. The standard InChI is InChI=1S/C12H22N2O5S/c1-9-7-13(8-10(2)19-9)20(17,18)14-6-4-3-5-11(14)12(15)16/h9-11H,3-8H2,1-2H3,(H,15,16). The van der Waals surface area contributed by atoms with E-state index < -0.39 is 22.2 Å². The number of carboxylic acid groups (broad SMARTS) is 1. The lowest BCUT2D eigenvalue weighted by molar-refractivity contribution is -0.142. The number of carbonyl (C=O) groups is 1. The molecule has 0 aliphatic carbocycles. The Balaban J connectivity index is 2.21. The van der Waals surface area contributed by atoms with Crippen LogP contribution in [-0.2, 0) is 19.7 Å². The van der Waals surface area contributed by atoms with E-state index in [1.165, 1.54) is 4.31 Å². The minimum Gasteiger partial charge on any atom is -0.480 e. The van der Waals surface area contributed by atoms with E-state index in [0.717, 1.165) is 10.7 Å². The number of hydrogen-bond donors (Lipinski definition) is 1. The summed E-state index contributed by atoms with van der Waals surface area (Å²) in [4.78, 5) is 11.3. The van der Waals surface area contributed by atoms with E-state index in [9.17, 15) is 18.3 Å². The van der Waals surface area contributed by atoms with Gasteiger partial charge in [0.1, 0.15) is 6.04 Å². The van der Waals surface area contributed by atoms with Crippen LogP contribution in [0.3, 0.4) is 0 Å². The van der Waals surface area contributed by atoms with Crippen molar-refractivity contribution < 1.29 is 23.1 Å². The van der Waals surface area contributed by atoms with Gasteiger partial charge in [-0.3, -0.25) is 4.79 Å². The average Bonchev–Trinajstić information content (AvgIpc) is 2.37. The van der Waals surface area contributed by atoms with Crippen molar-refractivity contribution in [1.82, 2.24) is 8.61 Å². The SMILES string of the molecule is CC1CN(S(=O)(=O)N2CCCCC2C(=O)O)CC(C)O1. The van der Waals surface area contributed by atoms with Crippen molar-refractivity contribution in [2.45, 2.75) is 51.4 Å². The summed E-state index contributed by atoms with van der Waals surface area (Å²) >= 11 is 0. The van der Waals surface area contributed by atoms with Gasteiger partial charge in [0.05, 0.1) is 12.2 Å². The number of nitrogens with zero attached hydrogens (tertiary/aromatic N) is 2. The first-order chi connectivity index (χ1) is 9.32. The monoisotopic (exact) mass is 306 g/mol. The van der Waals surface area contributed by atoms with E-state index in [4.69, 9.17) is 4.74 Å². The number of hydrogen-bond acceptors (Lipinski definition) is 4. The number of ether oxygens (including phenoxy) is 1. The topological polar surface area (TPSA) is 87.2 Å². The van der Waals surface area contributed by atoms with Gasteiger partial charge in [-0.2, -0.15) is 17.0 Å². The molecule has 0 aromatic carbocycles. The first-order valence-corrected chi connectivity index (χ1v) is 8.37. The van der Waals surface area contributed by atoms with Gasteiger partial charge in [-0.05, 0) is 33.1 Å². The molecule has 8 heteroatoms. The van der Waals surface area contributed by atoms with E-state index >= 15 is 0 Å². The van der Waals surface area contributed by atoms with Crippen LogP contribution in [0.5, 0.6) is 0 Å². The first-order valence-electron chi connectivity index (χ1n) is 6.97. The predicted molar refractivity (Wildman–Crippen MR) is 72.5 cm³/mol. The zero-order valence-corrected chi connectivity index (χ0v) is 12.7. The minimum absolute atomic E-state index is 0.179. The maximum absolute atomic E-state index is 12.7. The first kappa shape index (κ1) is 15.7. The summed E-state index contributed by atoms with van der Waals surface area (Å²) in [5.74, 6) is -1.07. The molecule has 3 unspecified atom stereocenters. The summed E-state index contributed by atoms with van der Waals surface area (Å²) in [6.07, 6.45) is 1.48. The lowest BCUT2D eigenvalue weighted by Crippen LogP contribution is -2.57. The maximum Gasteiger partial charge on any atom is 0.322 e. The fourth-order valence-electron chi connectivity index (χ4n) is 2.90. The van der Waals surface area contributed by atoms with Crippen LogP contribution in [-0.4, -0.2) is 66.0 Å². The Morgan fingerprint density at radius 1 is 1.20 bits per heavy atom. The van der Waals surface area contributed by atoms with Gasteiger partial charge in [-0.15, -0.1) is 0 Å². The highest BCUT2D eigenvalue weighted by atomic mass is 32.2. The normalized spacial score (nSPS) is 34.0. The smallest absolute Gasteiger partial charge is 0.322 e. The molecule has 2 heterocycles. The molecule has 3 atom stereocenters. The molecule has 0 saturated carbocycles. The molecule has 0 aromatic rings. The predicted octanol–water partition coefficient (Wildman–Crippen LogP) is 0.280. The van der Waals surface area contributed by atoms with Crippen molar-refractivity contribution in [3.63, 3.8) is 0 Å². The van der Waals surface area contributed by atoms with E-state index in [0.29, 0.717) is 12.8 Å². The highest BCUT2D eigenvalue weighted by molar-refractivity contribution is 7.86. The number of rotatable bonds is 3. The van der Waals surface area contributed by atoms with Crippen molar-refractivity contribution in [1.29, 1.82) is 0 Å². The summed E-state index contributed by atoms with van der Waals surface area (Å²) in [7, 11) is -3.74. The van der Waals surface area contributed by atoms with Crippen LogP contribution in [0.4, 0.5) is 0 Å². The van der Waals surface area contributed by atoms with Gasteiger partial charge in [-0.25, -0.2) is 0 Å². The highest BCUT2D eigenvalue weighted by Crippen LogP contribution is 2.25. The van der Waals surface area contributed by atoms with E-state index in [2.05, 4.69) is 0 Å². The molecule has 7 nitrogen and oxygen atoms in total. The molecule has 0 radical (unpaired) electrons. The number of morpholine rings is 1. The molecule has 2 rings (SSSR count). The van der Waals surface area contributed by atoms with E-state index in [1.807, 2.05) is 13.8 Å². The fraction of sp³-hybridized carbons (Fsp3) is 0.917. The summed E-state index contributed by atoms with van der Waals surface area (Å²) in [5.41, 5.74) is 0. The Kier molecular flexibility index (Phi) is 4.68. The molecule has 2 saturated heterocycles. The summed E-state index contributed by atoms with van der Waals surface area (Å²) in [5, 5.41) is 9.23. The van der Waals surface area contributed by atoms with E-state index in [1.54, 1.807) is 0 Å². The average molecular weight is 306 g/mol. The lowest BCUT2D eigenvalue weighted by Gasteiger charge is -2.40. The zero-order valence-electron chi connectivity index (χ0n) is 11.9. The quantitative estimate of drug-likeness (QED) is 0.809. The zero-order chi connectivity index (χ0) is 14.9. The van der Waals surface area contributed by atoms with Crippen LogP contribution in [0.25, 0.3) is 0 Å². The Bertz CT molecular complexity index is 456. The number of aliphatic carboxylic acids is 1. The van der Waals surface area contributed by atoms with Crippen molar-refractivity contribution in [2.24, 2.45) is 0 Å². The molecule has 0 aromatic heterocycles. The molecule has 2 aliphatic heterocycles.